The summed E-state index contributed by atoms with van der Waals surface area (Å²) in [5, 5.41) is 1.73. The molecule has 1 aliphatic carbocycles. The maximum atomic E-state index is 13.5. The fraction of sp³-hybridized carbons (Fsp3) is 0.684. The summed E-state index contributed by atoms with van der Waals surface area (Å²) in [6.45, 7) is 9.40. The first-order valence-corrected chi connectivity index (χ1v) is 14.7. The van der Waals surface area contributed by atoms with Crippen molar-refractivity contribution >= 4 is 18.3 Å². The number of rotatable bonds is 4. The quantitative estimate of drug-likeness (QED) is 0.713. The van der Waals surface area contributed by atoms with Gasteiger partial charge in [-0.15, -0.1) is 0 Å². The molecule has 150 valence electrons. The van der Waals surface area contributed by atoms with Crippen LogP contribution in [0.5, 0.6) is 0 Å². The van der Waals surface area contributed by atoms with E-state index in [1.54, 1.807) is 21.7 Å². The van der Waals surface area contributed by atoms with E-state index in [-0.39, 0.29) is 17.5 Å². The second-order valence-corrected chi connectivity index (χ2v) is 15.4. The Kier molecular flexibility index (Phi) is 4.80. The highest BCUT2D eigenvalue weighted by Gasteiger charge is 2.65. The van der Waals surface area contributed by atoms with Crippen LogP contribution in [-0.2, 0) is 19.4 Å². The summed E-state index contributed by atoms with van der Waals surface area (Å²) in [6.07, 6.45) is 3.91. The Labute approximate surface area is 163 Å². The molecule has 1 spiro atoms. The third-order valence-electron chi connectivity index (χ3n) is 6.05. The maximum Gasteiger partial charge on any atom is 0.243 e. The molecule has 3 atom stereocenters. The SMILES string of the molecule is Cc1ccc(S(=O)(=O)N2C[C@@H]3CON(O[Si](C)(C)C)[C@@]34CCCCC24)cc1. The first-order valence-electron chi connectivity index (χ1n) is 9.85. The van der Waals surface area contributed by atoms with Crippen LogP contribution in [0.2, 0.25) is 19.6 Å². The van der Waals surface area contributed by atoms with Gasteiger partial charge < -0.3 is 4.53 Å². The van der Waals surface area contributed by atoms with Gasteiger partial charge in [-0.3, -0.25) is 4.84 Å². The number of hydrogen-bond acceptors (Lipinski definition) is 5. The van der Waals surface area contributed by atoms with E-state index >= 15 is 0 Å². The van der Waals surface area contributed by atoms with Gasteiger partial charge in [0, 0.05) is 18.5 Å². The molecular formula is C19H30N2O4SSi. The molecular weight excluding hydrogens is 380 g/mol. The monoisotopic (exact) mass is 410 g/mol. The lowest BCUT2D eigenvalue weighted by molar-refractivity contribution is -0.345. The van der Waals surface area contributed by atoms with Gasteiger partial charge in [0.05, 0.1) is 17.0 Å². The average Bonchev–Trinajstić information content (AvgIpc) is 3.09. The number of nitrogens with zero attached hydrogens (tertiary/aromatic N) is 2. The zero-order chi connectivity index (χ0) is 19.4. The van der Waals surface area contributed by atoms with Crippen molar-refractivity contribution in [3.8, 4) is 0 Å². The van der Waals surface area contributed by atoms with Gasteiger partial charge in [0.1, 0.15) is 0 Å². The Hall–Kier alpha value is -0.773. The van der Waals surface area contributed by atoms with E-state index in [9.17, 15) is 8.42 Å². The van der Waals surface area contributed by atoms with Crippen LogP contribution >= 0.6 is 0 Å². The van der Waals surface area contributed by atoms with E-state index in [4.69, 9.17) is 9.36 Å². The highest BCUT2D eigenvalue weighted by molar-refractivity contribution is 7.89. The van der Waals surface area contributed by atoms with Crippen molar-refractivity contribution < 1.29 is 17.8 Å². The molecule has 0 bridgehead atoms. The van der Waals surface area contributed by atoms with Crippen LogP contribution in [-0.4, -0.2) is 51.0 Å². The van der Waals surface area contributed by atoms with Crippen LogP contribution in [0.15, 0.2) is 29.2 Å². The second-order valence-electron chi connectivity index (χ2n) is 9.09. The largest absolute Gasteiger partial charge is 0.321 e. The zero-order valence-corrected chi connectivity index (χ0v) is 18.5. The smallest absolute Gasteiger partial charge is 0.243 e. The first kappa shape index (κ1) is 19.5. The first-order chi connectivity index (χ1) is 12.6. The van der Waals surface area contributed by atoms with Crippen LogP contribution < -0.4 is 0 Å². The second kappa shape index (κ2) is 6.64. The lowest BCUT2D eigenvalue weighted by Crippen LogP contribution is -2.59. The number of aryl methyl sites for hydroxylation is 1. The fourth-order valence-electron chi connectivity index (χ4n) is 4.84. The van der Waals surface area contributed by atoms with Gasteiger partial charge in [0.15, 0.2) is 0 Å². The fourth-order valence-corrected chi connectivity index (χ4v) is 7.31. The molecule has 2 aliphatic heterocycles. The van der Waals surface area contributed by atoms with Gasteiger partial charge in [-0.2, -0.15) is 4.31 Å². The molecule has 0 amide bonds. The van der Waals surface area contributed by atoms with Crippen molar-refractivity contribution in [3.05, 3.63) is 29.8 Å². The summed E-state index contributed by atoms with van der Waals surface area (Å²) >= 11 is 0. The van der Waals surface area contributed by atoms with E-state index in [2.05, 4.69) is 19.6 Å². The predicted octanol–water partition coefficient (Wildman–Crippen LogP) is 3.31. The van der Waals surface area contributed by atoms with E-state index in [1.165, 1.54) is 0 Å². The van der Waals surface area contributed by atoms with E-state index < -0.39 is 18.3 Å². The van der Waals surface area contributed by atoms with Crippen molar-refractivity contribution in [2.24, 2.45) is 5.92 Å². The van der Waals surface area contributed by atoms with Crippen molar-refractivity contribution in [2.45, 2.75) is 68.7 Å². The summed E-state index contributed by atoms with van der Waals surface area (Å²) in [6, 6.07) is 7.08. The molecule has 1 aromatic rings. The summed E-state index contributed by atoms with van der Waals surface area (Å²) < 4.78 is 34.9. The van der Waals surface area contributed by atoms with E-state index in [0.717, 1.165) is 31.2 Å². The van der Waals surface area contributed by atoms with Gasteiger partial charge in [0.25, 0.3) is 0 Å². The van der Waals surface area contributed by atoms with Gasteiger partial charge >= 0.3 is 0 Å². The highest BCUT2D eigenvalue weighted by Crippen LogP contribution is 2.52. The van der Waals surface area contributed by atoms with E-state index in [0.29, 0.717) is 18.0 Å². The zero-order valence-electron chi connectivity index (χ0n) is 16.6. The predicted molar refractivity (Wildman–Crippen MR) is 106 cm³/mol. The minimum absolute atomic E-state index is 0.0959. The van der Waals surface area contributed by atoms with Gasteiger partial charge in [-0.1, -0.05) is 35.8 Å². The number of sulfonamides is 1. The van der Waals surface area contributed by atoms with Gasteiger partial charge in [-0.25, -0.2) is 8.42 Å². The number of hydroxylamine groups is 2. The number of hydrogen-bond donors (Lipinski definition) is 0. The van der Waals surface area contributed by atoms with E-state index in [1.807, 2.05) is 19.1 Å². The minimum Gasteiger partial charge on any atom is -0.321 e. The molecule has 27 heavy (non-hydrogen) atoms. The van der Waals surface area contributed by atoms with Crippen molar-refractivity contribution in [2.75, 3.05) is 13.2 Å². The Morgan fingerprint density at radius 3 is 2.56 bits per heavy atom. The molecule has 0 aromatic heterocycles. The normalized spacial score (nSPS) is 32.4. The molecule has 3 aliphatic rings. The molecule has 3 fully saturated rings. The van der Waals surface area contributed by atoms with Crippen LogP contribution in [0.4, 0.5) is 0 Å². The third-order valence-corrected chi connectivity index (χ3v) is 8.66. The maximum absolute atomic E-state index is 13.5. The minimum atomic E-state index is -3.53. The molecule has 0 N–H and O–H groups in total. The Bertz CT molecular complexity index is 808. The molecule has 6 nitrogen and oxygen atoms in total. The third kappa shape index (κ3) is 3.20. The van der Waals surface area contributed by atoms with Crippen molar-refractivity contribution in [3.63, 3.8) is 0 Å². The molecule has 1 aromatic carbocycles. The Balaban J connectivity index is 1.71. The molecule has 0 radical (unpaired) electrons. The standard InChI is InChI=1S/C19H30N2O4SSi/c1-15-8-10-17(11-9-15)26(22,23)20-13-16-14-24-21(25-27(2,3)4)19(16)12-6-5-7-18(19)20/h8-11,16,18H,5-7,12-14H2,1-4H3/t16-,18?,19+/m1/s1. The Morgan fingerprint density at radius 1 is 1.19 bits per heavy atom. The summed E-state index contributed by atoms with van der Waals surface area (Å²) in [4.78, 5) is 6.34. The van der Waals surface area contributed by atoms with Crippen molar-refractivity contribution in [1.29, 1.82) is 0 Å². The lowest BCUT2D eigenvalue weighted by atomic mass is 9.74. The van der Waals surface area contributed by atoms with Crippen LogP contribution in [0.25, 0.3) is 0 Å². The highest BCUT2D eigenvalue weighted by atomic mass is 32.2. The van der Waals surface area contributed by atoms with Crippen LogP contribution in [0.1, 0.15) is 31.2 Å². The number of benzene rings is 1. The summed E-state index contributed by atoms with van der Waals surface area (Å²) in [7, 11) is -5.40. The summed E-state index contributed by atoms with van der Waals surface area (Å²) in [5.74, 6) is 0.152. The van der Waals surface area contributed by atoms with Gasteiger partial charge in [0.2, 0.25) is 18.3 Å². The van der Waals surface area contributed by atoms with Crippen molar-refractivity contribution in [1.82, 2.24) is 9.53 Å². The molecule has 1 saturated carbocycles. The van der Waals surface area contributed by atoms with Crippen LogP contribution in [0.3, 0.4) is 0 Å². The lowest BCUT2D eigenvalue weighted by Gasteiger charge is -2.45. The van der Waals surface area contributed by atoms with Gasteiger partial charge in [-0.05, 0) is 51.5 Å². The molecule has 8 heteroatoms. The molecule has 1 unspecified atom stereocenters. The average molecular weight is 411 g/mol. The topological polar surface area (TPSA) is 59.1 Å². The Morgan fingerprint density at radius 2 is 1.89 bits per heavy atom. The molecule has 4 rings (SSSR count). The summed E-state index contributed by atoms with van der Waals surface area (Å²) in [5.41, 5.74) is 0.709. The molecule has 2 saturated heterocycles. The molecule has 2 heterocycles. The van der Waals surface area contributed by atoms with Crippen LogP contribution in [0, 0.1) is 12.8 Å².